The molecule has 3 heterocycles. The Morgan fingerprint density at radius 1 is 1.23 bits per heavy atom. The standard InChI is InChI=1S/C17H21N5O4/c1-12-14(3-7-26-12)16(23)20-21-17(24)19-11-13-2-4-18-15(10-13)22-5-8-25-9-6-22/h2-4,7,10H,5-6,8-9,11H2,1H3,(H,20,23)(H2,19,21,24). The van der Waals surface area contributed by atoms with Crippen molar-refractivity contribution in [2.45, 2.75) is 13.5 Å². The molecule has 0 bridgehead atoms. The number of hydrogen-bond donors (Lipinski definition) is 3. The molecule has 138 valence electrons. The van der Waals surface area contributed by atoms with Crippen molar-refractivity contribution in [1.82, 2.24) is 21.2 Å². The van der Waals surface area contributed by atoms with Crippen molar-refractivity contribution >= 4 is 17.8 Å². The third-order valence-electron chi connectivity index (χ3n) is 3.99. The van der Waals surface area contributed by atoms with Gasteiger partial charge in [0.25, 0.3) is 5.91 Å². The predicted molar refractivity (Wildman–Crippen MR) is 93.6 cm³/mol. The van der Waals surface area contributed by atoms with Crippen molar-refractivity contribution in [3.63, 3.8) is 0 Å². The van der Waals surface area contributed by atoms with Crippen LogP contribution in [0.1, 0.15) is 21.7 Å². The number of hydrazine groups is 1. The molecule has 1 aliphatic rings. The maximum absolute atomic E-state index is 11.9. The number of anilines is 1. The molecule has 3 rings (SSSR count). The number of nitrogens with zero attached hydrogens (tertiary/aromatic N) is 2. The first kappa shape index (κ1) is 17.7. The number of urea groups is 1. The van der Waals surface area contributed by atoms with E-state index in [0.29, 0.717) is 31.1 Å². The van der Waals surface area contributed by atoms with Crippen molar-refractivity contribution in [1.29, 1.82) is 0 Å². The van der Waals surface area contributed by atoms with Gasteiger partial charge in [-0.05, 0) is 30.7 Å². The quantitative estimate of drug-likeness (QED) is 0.702. The van der Waals surface area contributed by atoms with Crippen LogP contribution in [0.5, 0.6) is 0 Å². The van der Waals surface area contributed by atoms with Crippen LogP contribution in [0.4, 0.5) is 10.6 Å². The van der Waals surface area contributed by atoms with Gasteiger partial charge in [0, 0.05) is 25.8 Å². The summed E-state index contributed by atoms with van der Waals surface area (Å²) in [6, 6.07) is 4.79. The van der Waals surface area contributed by atoms with E-state index < -0.39 is 11.9 Å². The molecule has 0 atom stereocenters. The minimum atomic E-state index is -0.510. The fraction of sp³-hybridized carbons (Fsp3) is 0.353. The van der Waals surface area contributed by atoms with Gasteiger partial charge in [-0.25, -0.2) is 15.2 Å². The van der Waals surface area contributed by atoms with Crippen LogP contribution in [0.25, 0.3) is 0 Å². The van der Waals surface area contributed by atoms with Crippen molar-refractivity contribution in [2.75, 3.05) is 31.2 Å². The molecule has 0 spiro atoms. The Kier molecular flexibility index (Phi) is 5.69. The van der Waals surface area contributed by atoms with Crippen molar-refractivity contribution < 1.29 is 18.7 Å². The van der Waals surface area contributed by atoms with E-state index >= 15 is 0 Å². The lowest BCUT2D eigenvalue weighted by molar-refractivity contribution is 0.0934. The van der Waals surface area contributed by atoms with Gasteiger partial charge in [-0.2, -0.15) is 0 Å². The van der Waals surface area contributed by atoms with Crippen LogP contribution in [-0.4, -0.2) is 43.2 Å². The summed E-state index contributed by atoms with van der Waals surface area (Å²) in [5, 5.41) is 2.69. The summed E-state index contributed by atoms with van der Waals surface area (Å²) < 4.78 is 10.4. The largest absolute Gasteiger partial charge is 0.469 e. The molecule has 3 N–H and O–H groups in total. The van der Waals surface area contributed by atoms with Gasteiger partial charge >= 0.3 is 6.03 Å². The number of nitrogens with one attached hydrogen (secondary N) is 3. The highest BCUT2D eigenvalue weighted by molar-refractivity contribution is 5.96. The van der Waals surface area contributed by atoms with E-state index in [4.69, 9.17) is 9.15 Å². The molecule has 1 saturated heterocycles. The van der Waals surface area contributed by atoms with E-state index in [9.17, 15) is 9.59 Å². The number of hydrogen-bond acceptors (Lipinski definition) is 6. The summed E-state index contributed by atoms with van der Waals surface area (Å²) in [7, 11) is 0. The first-order valence-corrected chi connectivity index (χ1v) is 8.29. The number of furan rings is 1. The average molecular weight is 359 g/mol. The smallest absolute Gasteiger partial charge is 0.333 e. The molecular weight excluding hydrogens is 338 g/mol. The summed E-state index contributed by atoms with van der Waals surface area (Å²) >= 11 is 0. The first-order chi connectivity index (χ1) is 12.6. The van der Waals surface area contributed by atoms with E-state index in [1.54, 1.807) is 13.1 Å². The number of amides is 3. The summed E-state index contributed by atoms with van der Waals surface area (Å²) in [6.45, 7) is 4.94. The Morgan fingerprint density at radius 2 is 2.04 bits per heavy atom. The number of pyridine rings is 1. The van der Waals surface area contributed by atoms with Crippen LogP contribution in [0, 0.1) is 6.92 Å². The highest BCUT2D eigenvalue weighted by atomic mass is 16.5. The molecule has 0 saturated carbocycles. The fourth-order valence-electron chi connectivity index (χ4n) is 2.56. The average Bonchev–Trinajstić information content (AvgIpc) is 3.11. The Bertz CT molecular complexity index is 770. The van der Waals surface area contributed by atoms with Crippen molar-refractivity contribution in [3.8, 4) is 0 Å². The van der Waals surface area contributed by atoms with Gasteiger partial charge in [0.05, 0.1) is 25.0 Å². The van der Waals surface area contributed by atoms with Gasteiger partial charge < -0.3 is 19.4 Å². The molecular formula is C17H21N5O4. The predicted octanol–water partition coefficient (Wildman–Crippen LogP) is 0.964. The van der Waals surface area contributed by atoms with Gasteiger partial charge in [0.15, 0.2) is 0 Å². The van der Waals surface area contributed by atoms with E-state index in [1.165, 1.54) is 12.3 Å². The van der Waals surface area contributed by atoms with Crippen molar-refractivity contribution in [2.24, 2.45) is 0 Å². The minimum Gasteiger partial charge on any atom is -0.469 e. The van der Waals surface area contributed by atoms with Crippen LogP contribution in [0.15, 0.2) is 35.1 Å². The molecule has 3 amide bonds. The van der Waals surface area contributed by atoms with Gasteiger partial charge in [-0.15, -0.1) is 0 Å². The number of aromatic nitrogens is 1. The molecule has 1 aliphatic heterocycles. The van der Waals surface area contributed by atoms with E-state index in [2.05, 4.69) is 26.1 Å². The van der Waals surface area contributed by atoms with Crippen LogP contribution in [0.2, 0.25) is 0 Å². The van der Waals surface area contributed by atoms with Gasteiger partial charge in [-0.1, -0.05) is 0 Å². The van der Waals surface area contributed by atoms with Gasteiger partial charge in [0.2, 0.25) is 0 Å². The lowest BCUT2D eigenvalue weighted by atomic mass is 10.2. The molecule has 9 heteroatoms. The molecule has 0 aliphatic carbocycles. The second kappa shape index (κ2) is 8.34. The summed E-state index contributed by atoms with van der Waals surface area (Å²) in [6.07, 6.45) is 3.13. The zero-order valence-corrected chi connectivity index (χ0v) is 14.4. The maximum atomic E-state index is 11.9. The number of rotatable bonds is 4. The molecule has 0 aromatic carbocycles. The summed E-state index contributed by atoms with van der Waals surface area (Å²) in [5.41, 5.74) is 5.92. The molecule has 2 aromatic rings. The zero-order chi connectivity index (χ0) is 18.4. The minimum absolute atomic E-state index is 0.312. The number of ether oxygens (including phenoxy) is 1. The lowest BCUT2D eigenvalue weighted by Gasteiger charge is -2.28. The highest BCUT2D eigenvalue weighted by Crippen LogP contribution is 2.14. The number of carbonyl (C=O) groups excluding carboxylic acids is 2. The third kappa shape index (κ3) is 4.51. The SMILES string of the molecule is Cc1occc1C(=O)NNC(=O)NCc1ccnc(N2CCOCC2)c1. The van der Waals surface area contributed by atoms with Gasteiger partial charge in [0.1, 0.15) is 11.6 Å². The van der Waals surface area contributed by atoms with E-state index in [-0.39, 0.29) is 0 Å². The Balaban J connectivity index is 1.47. The van der Waals surface area contributed by atoms with Crippen molar-refractivity contribution in [3.05, 3.63) is 47.5 Å². The van der Waals surface area contributed by atoms with Crippen LogP contribution in [0.3, 0.4) is 0 Å². The molecule has 1 fully saturated rings. The number of morpholine rings is 1. The highest BCUT2D eigenvalue weighted by Gasteiger charge is 2.14. The Labute approximate surface area is 150 Å². The second-order valence-corrected chi connectivity index (χ2v) is 5.77. The summed E-state index contributed by atoms with van der Waals surface area (Å²) in [4.78, 5) is 30.2. The van der Waals surface area contributed by atoms with Gasteiger partial charge in [-0.3, -0.25) is 10.2 Å². The third-order valence-corrected chi connectivity index (χ3v) is 3.99. The van der Waals surface area contributed by atoms with Crippen LogP contribution >= 0.6 is 0 Å². The normalized spacial score (nSPS) is 14.0. The van der Waals surface area contributed by atoms with E-state index in [0.717, 1.165) is 24.5 Å². The second-order valence-electron chi connectivity index (χ2n) is 5.77. The van der Waals surface area contributed by atoms with Crippen LogP contribution < -0.4 is 21.1 Å². The molecule has 26 heavy (non-hydrogen) atoms. The molecule has 0 unspecified atom stereocenters. The maximum Gasteiger partial charge on any atom is 0.333 e. The molecule has 2 aromatic heterocycles. The summed E-state index contributed by atoms with van der Waals surface area (Å²) in [5.74, 6) is 0.902. The number of carbonyl (C=O) groups is 2. The van der Waals surface area contributed by atoms with E-state index in [1.807, 2.05) is 12.1 Å². The van der Waals surface area contributed by atoms with Crippen LogP contribution in [-0.2, 0) is 11.3 Å². The molecule has 0 radical (unpaired) electrons. The molecule has 9 nitrogen and oxygen atoms in total. The first-order valence-electron chi connectivity index (χ1n) is 8.29. The topological polar surface area (TPSA) is 109 Å². The monoisotopic (exact) mass is 359 g/mol. The zero-order valence-electron chi connectivity index (χ0n) is 14.4. The number of aryl methyl sites for hydroxylation is 1. The lowest BCUT2D eigenvalue weighted by Crippen LogP contribution is -2.46. The Hall–Kier alpha value is -3.07. The Morgan fingerprint density at radius 3 is 2.77 bits per heavy atom. The fourth-order valence-corrected chi connectivity index (χ4v) is 2.56.